The Labute approximate surface area is 148 Å². The van der Waals surface area contributed by atoms with Crippen LogP contribution in [0.5, 0.6) is 5.75 Å². The van der Waals surface area contributed by atoms with Crippen molar-refractivity contribution >= 4 is 11.8 Å². The number of hydrogen-bond acceptors (Lipinski definition) is 4. The number of furan rings is 1. The molecule has 2 heterocycles. The summed E-state index contributed by atoms with van der Waals surface area (Å²) in [6, 6.07) is 9.04. The number of hydrogen-bond donors (Lipinski definition) is 0. The van der Waals surface area contributed by atoms with Gasteiger partial charge in [0.05, 0.1) is 0 Å². The third-order valence-electron chi connectivity index (χ3n) is 4.11. The second-order valence-electron chi connectivity index (χ2n) is 5.90. The number of halogens is 2. The van der Waals surface area contributed by atoms with Crippen LogP contribution in [0.4, 0.5) is 8.78 Å². The lowest BCUT2D eigenvalue weighted by molar-refractivity contribution is -0.0499. The first-order valence-corrected chi connectivity index (χ1v) is 8.14. The second kappa shape index (κ2) is 7.55. The van der Waals surface area contributed by atoms with Gasteiger partial charge in [0.2, 0.25) is 0 Å². The van der Waals surface area contributed by atoms with E-state index < -0.39 is 6.61 Å². The molecule has 0 saturated carbocycles. The molecule has 0 radical (unpaired) electrons. The van der Waals surface area contributed by atoms with Crippen LogP contribution in [0.2, 0.25) is 0 Å². The van der Waals surface area contributed by atoms with E-state index >= 15 is 0 Å². The Morgan fingerprint density at radius 2 is 1.69 bits per heavy atom. The Bertz CT molecular complexity index is 798. The van der Waals surface area contributed by atoms with Crippen molar-refractivity contribution < 1.29 is 27.5 Å². The summed E-state index contributed by atoms with van der Waals surface area (Å²) < 4.78 is 34.3. The standard InChI is InChI=1S/C18H18F2N2O4/c1-12-5-6-15(25-12)17(24)22-9-7-21(8-10-22)16(23)13-3-2-4-14(11-13)26-18(19)20/h2-6,11,18H,7-10H2,1H3. The van der Waals surface area contributed by atoms with E-state index in [1.807, 2.05) is 0 Å². The molecule has 138 valence electrons. The van der Waals surface area contributed by atoms with Gasteiger partial charge in [0.25, 0.3) is 11.8 Å². The Balaban J connectivity index is 1.61. The third-order valence-corrected chi connectivity index (χ3v) is 4.11. The lowest BCUT2D eigenvalue weighted by atomic mass is 10.1. The van der Waals surface area contributed by atoms with Crippen LogP contribution < -0.4 is 4.74 Å². The Hall–Kier alpha value is -2.90. The Kier molecular flexibility index (Phi) is 5.20. The highest BCUT2D eigenvalue weighted by Gasteiger charge is 2.27. The molecule has 0 bridgehead atoms. The van der Waals surface area contributed by atoms with E-state index in [-0.39, 0.29) is 28.9 Å². The molecule has 0 spiro atoms. The molecule has 0 unspecified atom stereocenters. The van der Waals surface area contributed by atoms with Crippen LogP contribution in [0.15, 0.2) is 40.8 Å². The normalized spacial score (nSPS) is 14.6. The number of aryl methyl sites for hydroxylation is 1. The van der Waals surface area contributed by atoms with E-state index in [0.29, 0.717) is 31.9 Å². The molecular weight excluding hydrogens is 346 g/mol. The molecular formula is C18H18F2N2O4. The van der Waals surface area contributed by atoms with E-state index in [1.165, 1.54) is 18.2 Å². The molecule has 3 rings (SSSR count). The van der Waals surface area contributed by atoms with Gasteiger partial charge in [-0.15, -0.1) is 0 Å². The van der Waals surface area contributed by atoms with Crippen LogP contribution in [-0.2, 0) is 0 Å². The maximum atomic E-state index is 12.5. The first-order valence-electron chi connectivity index (χ1n) is 8.14. The third kappa shape index (κ3) is 4.01. The van der Waals surface area contributed by atoms with Crippen LogP contribution in [-0.4, -0.2) is 54.4 Å². The van der Waals surface area contributed by atoms with Crippen molar-refractivity contribution in [1.82, 2.24) is 9.80 Å². The number of nitrogens with zero attached hydrogens (tertiary/aromatic N) is 2. The zero-order chi connectivity index (χ0) is 18.7. The second-order valence-corrected chi connectivity index (χ2v) is 5.90. The summed E-state index contributed by atoms with van der Waals surface area (Å²) in [7, 11) is 0. The molecule has 6 nitrogen and oxygen atoms in total. The van der Waals surface area contributed by atoms with Crippen LogP contribution in [0.25, 0.3) is 0 Å². The van der Waals surface area contributed by atoms with Gasteiger partial charge in [0.15, 0.2) is 5.76 Å². The van der Waals surface area contributed by atoms with Crippen molar-refractivity contribution in [2.24, 2.45) is 0 Å². The van der Waals surface area contributed by atoms with Gasteiger partial charge in [-0.05, 0) is 37.3 Å². The molecule has 8 heteroatoms. The highest BCUT2D eigenvalue weighted by atomic mass is 19.3. The maximum Gasteiger partial charge on any atom is 0.387 e. The predicted octanol–water partition coefficient (Wildman–Crippen LogP) is 2.79. The Morgan fingerprint density at radius 3 is 2.27 bits per heavy atom. The van der Waals surface area contributed by atoms with Gasteiger partial charge in [-0.25, -0.2) is 0 Å². The zero-order valence-electron chi connectivity index (χ0n) is 14.2. The van der Waals surface area contributed by atoms with Crippen molar-refractivity contribution in [3.63, 3.8) is 0 Å². The summed E-state index contributed by atoms with van der Waals surface area (Å²) in [4.78, 5) is 28.1. The highest BCUT2D eigenvalue weighted by molar-refractivity contribution is 5.95. The minimum absolute atomic E-state index is 0.0622. The number of carbonyl (C=O) groups is 2. The number of piperazine rings is 1. The van der Waals surface area contributed by atoms with E-state index in [4.69, 9.17) is 4.42 Å². The van der Waals surface area contributed by atoms with Crippen molar-refractivity contribution in [3.05, 3.63) is 53.5 Å². The summed E-state index contributed by atoms with van der Waals surface area (Å²) in [6.07, 6.45) is 0. The quantitative estimate of drug-likeness (QED) is 0.837. The lowest BCUT2D eigenvalue weighted by Gasteiger charge is -2.34. The average molecular weight is 364 g/mol. The summed E-state index contributed by atoms with van der Waals surface area (Å²) in [5, 5.41) is 0. The molecule has 1 saturated heterocycles. The van der Waals surface area contributed by atoms with Gasteiger partial charge in [0.1, 0.15) is 11.5 Å². The average Bonchev–Trinajstić information content (AvgIpc) is 3.07. The van der Waals surface area contributed by atoms with E-state index in [1.54, 1.807) is 34.9 Å². The summed E-state index contributed by atoms with van der Waals surface area (Å²) in [5.74, 6) is 0.378. The van der Waals surface area contributed by atoms with Crippen LogP contribution in [0.3, 0.4) is 0 Å². The summed E-state index contributed by atoms with van der Waals surface area (Å²) >= 11 is 0. The van der Waals surface area contributed by atoms with Crippen LogP contribution in [0.1, 0.15) is 26.7 Å². The fraction of sp³-hybridized carbons (Fsp3) is 0.333. The number of benzene rings is 1. The smallest absolute Gasteiger partial charge is 0.387 e. The maximum absolute atomic E-state index is 12.5. The van der Waals surface area contributed by atoms with Crippen molar-refractivity contribution in [2.45, 2.75) is 13.5 Å². The minimum atomic E-state index is -2.94. The Morgan fingerprint density at radius 1 is 1.04 bits per heavy atom. The topological polar surface area (TPSA) is 63.0 Å². The van der Waals surface area contributed by atoms with Crippen molar-refractivity contribution in [3.8, 4) is 5.75 Å². The summed E-state index contributed by atoms with van der Waals surface area (Å²) in [5.41, 5.74) is 0.268. The van der Waals surface area contributed by atoms with Crippen LogP contribution in [0, 0.1) is 6.92 Å². The largest absolute Gasteiger partial charge is 0.456 e. The lowest BCUT2D eigenvalue weighted by Crippen LogP contribution is -2.50. The van der Waals surface area contributed by atoms with Crippen LogP contribution >= 0.6 is 0 Å². The highest BCUT2D eigenvalue weighted by Crippen LogP contribution is 2.18. The molecule has 2 amide bonds. The van der Waals surface area contributed by atoms with Crippen molar-refractivity contribution in [1.29, 1.82) is 0 Å². The molecule has 1 aromatic carbocycles. The van der Waals surface area contributed by atoms with E-state index in [0.717, 1.165) is 0 Å². The van der Waals surface area contributed by atoms with Gasteiger partial charge in [-0.1, -0.05) is 6.07 Å². The molecule has 1 aliphatic heterocycles. The van der Waals surface area contributed by atoms with Gasteiger partial charge in [0, 0.05) is 31.7 Å². The van der Waals surface area contributed by atoms with E-state index in [9.17, 15) is 18.4 Å². The molecule has 2 aromatic rings. The molecule has 1 aliphatic rings. The zero-order valence-corrected chi connectivity index (χ0v) is 14.2. The molecule has 0 N–H and O–H groups in total. The minimum Gasteiger partial charge on any atom is -0.456 e. The van der Waals surface area contributed by atoms with Crippen molar-refractivity contribution in [2.75, 3.05) is 26.2 Å². The molecule has 1 fully saturated rings. The van der Waals surface area contributed by atoms with Gasteiger partial charge >= 0.3 is 6.61 Å². The first kappa shape index (κ1) is 17.9. The molecule has 26 heavy (non-hydrogen) atoms. The fourth-order valence-corrected chi connectivity index (χ4v) is 2.81. The number of ether oxygens (including phenoxy) is 1. The molecule has 0 atom stereocenters. The number of amides is 2. The van der Waals surface area contributed by atoms with Gasteiger partial charge < -0.3 is 19.0 Å². The predicted molar refractivity (Wildman–Crippen MR) is 88.3 cm³/mol. The number of alkyl halides is 2. The molecule has 1 aromatic heterocycles. The summed E-state index contributed by atoms with van der Waals surface area (Å²) in [6.45, 7) is 0.267. The fourth-order valence-electron chi connectivity index (χ4n) is 2.81. The van der Waals surface area contributed by atoms with E-state index in [2.05, 4.69) is 4.74 Å². The number of carbonyl (C=O) groups excluding carboxylic acids is 2. The number of rotatable bonds is 4. The monoisotopic (exact) mass is 364 g/mol. The first-order chi connectivity index (χ1) is 12.4. The SMILES string of the molecule is Cc1ccc(C(=O)N2CCN(C(=O)c3cccc(OC(F)F)c3)CC2)o1. The van der Waals surface area contributed by atoms with Gasteiger partial charge in [-0.2, -0.15) is 8.78 Å². The molecule has 0 aliphatic carbocycles. The van der Waals surface area contributed by atoms with Gasteiger partial charge in [-0.3, -0.25) is 9.59 Å².